The van der Waals surface area contributed by atoms with Crippen molar-refractivity contribution in [2.24, 2.45) is 4.99 Å². The number of hydrogen-bond acceptors (Lipinski definition) is 2. The third kappa shape index (κ3) is 8.67. The highest BCUT2D eigenvalue weighted by molar-refractivity contribution is 8.93. The van der Waals surface area contributed by atoms with E-state index >= 15 is 0 Å². The lowest BCUT2D eigenvalue weighted by Crippen LogP contribution is -2.26. The van der Waals surface area contributed by atoms with Crippen LogP contribution in [0.3, 0.4) is 0 Å². The van der Waals surface area contributed by atoms with Crippen LogP contribution in [0, 0.1) is 0 Å². The van der Waals surface area contributed by atoms with Crippen LogP contribution in [0.4, 0.5) is 4.39 Å². The number of rotatable bonds is 9. The monoisotopic (exact) mass is 320 g/mol. The van der Waals surface area contributed by atoms with Gasteiger partial charge in [0.05, 0.1) is 19.1 Å². The average molecular weight is 321 g/mol. The minimum absolute atomic E-state index is 0. The highest BCUT2D eigenvalue weighted by atomic mass is 79.9. The summed E-state index contributed by atoms with van der Waals surface area (Å²) in [5.74, 6) is -0.132. The molecule has 0 saturated heterocycles. The highest BCUT2D eigenvalue weighted by Crippen LogP contribution is 2.10. The quantitative estimate of drug-likeness (QED) is 0.554. The predicted octanol–water partition coefficient (Wildman–Crippen LogP) is 4.86. The first-order valence-electron chi connectivity index (χ1n) is 6.95. The van der Waals surface area contributed by atoms with Gasteiger partial charge >= 0.3 is 0 Å². The average Bonchev–Trinajstić information content (AvgIpc) is 2.33. The first-order chi connectivity index (χ1) is 8.33. The van der Waals surface area contributed by atoms with Crippen molar-refractivity contribution < 1.29 is 4.39 Å². The first-order valence-corrected chi connectivity index (χ1v) is 6.95. The van der Waals surface area contributed by atoms with Crippen LogP contribution in [0.2, 0.25) is 0 Å². The van der Waals surface area contributed by atoms with Crippen LogP contribution in [0.25, 0.3) is 0 Å². The Labute approximate surface area is 121 Å². The molecule has 0 aromatic heterocycles. The largest absolute Gasteiger partial charge is 0.356 e. The Kier molecular flexibility index (Phi) is 11.4. The van der Waals surface area contributed by atoms with Gasteiger partial charge in [0.2, 0.25) is 0 Å². The minimum atomic E-state index is -0.132. The fourth-order valence-corrected chi connectivity index (χ4v) is 2.07. The maximum absolute atomic E-state index is 12.9. The van der Waals surface area contributed by atoms with Crippen LogP contribution in [0.1, 0.15) is 58.3 Å². The molecule has 0 bridgehead atoms. The van der Waals surface area contributed by atoms with E-state index in [1.807, 2.05) is 4.90 Å². The maximum Gasteiger partial charge on any atom is 0.137 e. The SMILES string of the molecule is Br.CCCCCCCCCCN1C=NC=C(F)C1. The van der Waals surface area contributed by atoms with E-state index in [-0.39, 0.29) is 22.8 Å². The molecule has 0 spiro atoms. The summed E-state index contributed by atoms with van der Waals surface area (Å²) >= 11 is 0. The van der Waals surface area contributed by atoms with E-state index in [9.17, 15) is 4.39 Å². The van der Waals surface area contributed by atoms with E-state index < -0.39 is 0 Å². The Morgan fingerprint density at radius 1 is 1.11 bits per heavy atom. The van der Waals surface area contributed by atoms with Gasteiger partial charge in [0, 0.05) is 6.54 Å². The lowest BCUT2D eigenvalue weighted by Gasteiger charge is -2.20. The van der Waals surface area contributed by atoms with Crippen LogP contribution >= 0.6 is 17.0 Å². The fraction of sp³-hybridized carbons (Fsp3) is 0.786. The smallest absolute Gasteiger partial charge is 0.137 e. The van der Waals surface area contributed by atoms with Crippen molar-refractivity contribution in [3.63, 3.8) is 0 Å². The molecule has 0 unspecified atom stereocenters. The summed E-state index contributed by atoms with van der Waals surface area (Å²) in [4.78, 5) is 5.80. The Hall–Kier alpha value is -0.380. The molecule has 1 aliphatic rings. The number of aliphatic imine (C=N–C) groups is 1. The molecule has 0 N–H and O–H groups in total. The molecule has 0 atom stereocenters. The van der Waals surface area contributed by atoms with Crippen LogP contribution in [-0.4, -0.2) is 24.3 Å². The Bertz CT molecular complexity index is 254. The summed E-state index contributed by atoms with van der Waals surface area (Å²) in [7, 11) is 0. The molecule has 2 nitrogen and oxygen atoms in total. The molecule has 0 saturated carbocycles. The molecule has 18 heavy (non-hydrogen) atoms. The van der Waals surface area contributed by atoms with Gasteiger partial charge in [-0.25, -0.2) is 9.38 Å². The van der Waals surface area contributed by atoms with Crippen molar-refractivity contribution in [1.29, 1.82) is 0 Å². The zero-order valence-electron chi connectivity index (χ0n) is 11.4. The third-order valence-corrected chi connectivity index (χ3v) is 3.10. The Morgan fingerprint density at radius 3 is 2.33 bits per heavy atom. The van der Waals surface area contributed by atoms with Gasteiger partial charge < -0.3 is 4.90 Å². The molecular weight excluding hydrogens is 295 g/mol. The normalized spacial score (nSPS) is 14.3. The second-order valence-electron chi connectivity index (χ2n) is 4.79. The molecule has 1 aliphatic heterocycles. The van der Waals surface area contributed by atoms with Gasteiger partial charge in [-0.05, 0) is 6.42 Å². The van der Waals surface area contributed by atoms with Crippen molar-refractivity contribution in [3.05, 3.63) is 12.0 Å². The van der Waals surface area contributed by atoms with Crippen LogP contribution in [0.15, 0.2) is 17.0 Å². The Morgan fingerprint density at radius 2 is 1.72 bits per heavy atom. The first kappa shape index (κ1) is 17.6. The van der Waals surface area contributed by atoms with Crippen molar-refractivity contribution >= 4 is 23.3 Å². The lowest BCUT2D eigenvalue weighted by molar-refractivity contribution is 0.395. The minimum Gasteiger partial charge on any atom is -0.356 e. The molecule has 0 amide bonds. The van der Waals surface area contributed by atoms with E-state index in [2.05, 4.69) is 11.9 Å². The number of halogens is 2. The standard InChI is InChI=1S/C14H25FN2.BrH/c1-2-3-4-5-6-7-8-9-10-17-12-14(15)11-16-13-17;/h11,13H,2-10,12H2,1H3;1H. The summed E-state index contributed by atoms with van der Waals surface area (Å²) in [6.45, 7) is 3.58. The van der Waals surface area contributed by atoms with Crippen LogP contribution < -0.4 is 0 Å². The van der Waals surface area contributed by atoms with Gasteiger partial charge in [-0.2, -0.15) is 0 Å². The molecule has 0 aromatic rings. The fourth-order valence-electron chi connectivity index (χ4n) is 2.07. The Balaban J connectivity index is 0.00000289. The molecule has 4 heteroatoms. The van der Waals surface area contributed by atoms with E-state index in [1.165, 1.54) is 51.1 Å². The highest BCUT2D eigenvalue weighted by Gasteiger charge is 2.06. The summed E-state index contributed by atoms with van der Waals surface area (Å²) in [5.41, 5.74) is 0. The summed E-state index contributed by atoms with van der Waals surface area (Å²) < 4.78 is 12.9. The van der Waals surface area contributed by atoms with Crippen LogP contribution in [0.5, 0.6) is 0 Å². The number of hydrogen-bond donors (Lipinski definition) is 0. The van der Waals surface area contributed by atoms with E-state index in [0.29, 0.717) is 6.54 Å². The van der Waals surface area contributed by atoms with Crippen molar-refractivity contribution in [1.82, 2.24) is 4.90 Å². The zero-order chi connectivity index (χ0) is 12.3. The van der Waals surface area contributed by atoms with Gasteiger partial charge in [0.25, 0.3) is 0 Å². The molecule has 0 fully saturated rings. The van der Waals surface area contributed by atoms with E-state index in [1.54, 1.807) is 6.34 Å². The summed E-state index contributed by atoms with van der Waals surface area (Å²) in [6, 6.07) is 0. The molecule has 1 rings (SSSR count). The molecular formula is C14H26BrFN2. The van der Waals surface area contributed by atoms with E-state index in [0.717, 1.165) is 13.0 Å². The van der Waals surface area contributed by atoms with Gasteiger partial charge in [0.1, 0.15) is 5.83 Å². The zero-order valence-corrected chi connectivity index (χ0v) is 13.1. The second-order valence-corrected chi connectivity index (χ2v) is 4.79. The molecule has 0 radical (unpaired) electrons. The number of nitrogens with zero attached hydrogens (tertiary/aromatic N) is 2. The molecule has 1 heterocycles. The summed E-state index contributed by atoms with van der Waals surface area (Å²) in [6.07, 6.45) is 13.5. The topological polar surface area (TPSA) is 15.6 Å². The maximum atomic E-state index is 12.9. The molecule has 106 valence electrons. The van der Waals surface area contributed by atoms with E-state index in [4.69, 9.17) is 0 Å². The molecule has 0 aliphatic carbocycles. The van der Waals surface area contributed by atoms with Crippen molar-refractivity contribution in [2.45, 2.75) is 58.3 Å². The lowest BCUT2D eigenvalue weighted by atomic mass is 10.1. The van der Waals surface area contributed by atoms with Gasteiger partial charge in [-0.3, -0.25) is 0 Å². The van der Waals surface area contributed by atoms with Gasteiger partial charge in [0.15, 0.2) is 0 Å². The summed E-state index contributed by atoms with van der Waals surface area (Å²) in [5, 5.41) is 0. The number of unbranched alkanes of at least 4 members (excludes halogenated alkanes) is 7. The van der Waals surface area contributed by atoms with Crippen molar-refractivity contribution in [3.8, 4) is 0 Å². The van der Waals surface area contributed by atoms with Crippen molar-refractivity contribution in [2.75, 3.05) is 13.1 Å². The van der Waals surface area contributed by atoms with Gasteiger partial charge in [-0.1, -0.05) is 51.9 Å². The van der Waals surface area contributed by atoms with Gasteiger partial charge in [-0.15, -0.1) is 17.0 Å². The third-order valence-electron chi connectivity index (χ3n) is 3.10. The second kappa shape index (κ2) is 11.7. The predicted molar refractivity (Wildman–Crippen MR) is 82.2 cm³/mol. The molecule has 0 aromatic carbocycles. The van der Waals surface area contributed by atoms with Crippen LogP contribution in [-0.2, 0) is 0 Å².